The van der Waals surface area contributed by atoms with Crippen LogP contribution in [0.15, 0.2) is 24.4 Å². The van der Waals surface area contributed by atoms with E-state index in [0.717, 1.165) is 64.5 Å². The Morgan fingerprint density at radius 1 is 1.09 bits per heavy atom. The second-order valence-corrected chi connectivity index (χ2v) is 6.15. The summed E-state index contributed by atoms with van der Waals surface area (Å²) in [4.78, 5) is 23.5. The van der Waals surface area contributed by atoms with Crippen LogP contribution in [0.25, 0.3) is 0 Å². The molecule has 128 valence electrons. The Kier molecular flexibility index (Phi) is 7.33. The molecule has 1 fully saturated rings. The third kappa shape index (κ3) is 5.50. The molecule has 1 aliphatic heterocycles. The number of aromatic nitrogens is 1. The molecule has 0 radical (unpaired) electrons. The van der Waals surface area contributed by atoms with Crippen molar-refractivity contribution in [3.05, 3.63) is 24.4 Å². The highest BCUT2D eigenvalue weighted by molar-refractivity contribution is 5.76. The lowest BCUT2D eigenvalue weighted by Gasteiger charge is -2.35. The summed E-state index contributed by atoms with van der Waals surface area (Å²) in [5, 5.41) is 0. The standard InChI is InChI=1S/C18H30N4O/c1-3-10-20(11-4-2)12-8-18(23)22-15-13-21(14-16-22)17-7-5-6-9-19-17/h5-7,9H,3-4,8,10-16H2,1-2H3. The third-order valence-corrected chi connectivity index (χ3v) is 4.33. The fourth-order valence-electron chi connectivity index (χ4n) is 3.11. The molecule has 0 spiro atoms. The van der Waals surface area contributed by atoms with Crippen molar-refractivity contribution in [1.82, 2.24) is 14.8 Å². The van der Waals surface area contributed by atoms with Gasteiger partial charge in [-0.1, -0.05) is 19.9 Å². The van der Waals surface area contributed by atoms with Gasteiger partial charge in [0, 0.05) is 45.3 Å². The van der Waals surface area contributed by atoms with Gasteiger partial charge < -0.3 is 14.7 Å². The van der Waals surface area contributed by atoms with E-state index in [1.54, 1.807) is 0 Å². The third-order valence-electron chi connectivity index (χ3n) is 4.33. The Hall–Kier alpha value is -1.62. The summed E-state index contributed by atoms with van der Waals surface area (Å²) in [6.07, 6.45) is 4.76. The predicted octanol–water partition coefficient (Wildman–Crippen LogP) is 2.24. The zero-order valence-electron chi connectivity index (χ0n) is 14.6. The molecule has 1 aromatic rings. The number of hydrogen-bond donors (Lipinski definition) is 0. The minimum absolute atomic E-state index is 0.294. The number of carbonyl (C=O) groups excluding carboxylic acids is 1. The smallest absolute Gasteiger partial charge is 0.223 e. The van der Waals surface area contributed by atoms with Crippen molar-refractivity contribution in [2.45, 2.75) is 33.1 Å². The zero-order valence-corrected chi connectivity index (χ0v) is 14.6. The Morgan fingerprint density at radius 2 is 1.78 bits per heavy atom. The molecule has 1 saturated heterocycles. The Morgan fingerprint density at radius 3 is 2.35 bits per heavy atom. The molecule has 0 bridgehead atoms. The van der Waals surface area contributed by atoms with Crippen LogP contribution in [0.5, 0.6) is 0 Å². The van der Waals surface area contributed by atoms with Gasteiger partial charge in [-0.3, -0.25) is 4.79 Å². The van der Waals surface area contributed by atoms with Crippen molar-refractivity contribution >= 4 is 11.7 Å². The summed E-state index contributed by atoms with van der Waals surface area (Å²) in [7, 11) is 0. The van der Waals surface area contributed by atoms with E-state index in [2.05, 4.69) is 28.6 Å². The second kappa shape index (κ2) is 9.50. The van der Waals surface area contributed by atoms with Crippen molar-refractivity contribution in [3.8, 4) is 0 Å². The van der Waals surface area contributed by atoms with Crippen molar-refractivity contribution in [3.63, 3.8) is 0 Å². The monoisotopic (exact) mass is 318 g/mol. The van der Waals surface area contributed by atoms with E-state index < -0.39 is 0 Å². The maximum absolute atomic E-state index is 12.4. The van der Waals surface area contributed by atoms with Gasteiger partial charge in [-0.25, -0.2) is 4.98 Å². The summed E-state index contributed by atoms with van der Waals surface area (Å²) >= 11 is 0. The molecule has 0 unspecified atom stereocenters. The lowest BCUT2D eigenvalue weighted by atomic mass is 10.2. The number of nitrogens with zero attached hydrogens (tertiary/aromatic N) is 4. The van der Waals surface area contributed by atoms with Crippen LogP contribution in [0.3, 0.4) is 0 Å². The minimum atomic E-state index is 0.294. The molecule has 5 heteroatoms. The van der Waals surface area contributed by atoms with Crippen LogP contribution in [0.2, 0.25) is 0 Å². The van der Waals surface area contributed by atoms with Gasteiger partial charge in [-0.2, -0.15) is 0 Å². The van der Waals surface area contributed by atoms with Gasteiger partial charge in [0.2, 0.25) is 5.91 Å². The van der Waals surface area contributed by atoms with Crippen LogP contribution < -0.4 is 4.90 Å². The number of rotatable bonds is 8. The van der Waals surface area contributed by atoms with Crippen LogP contribution in [0.1, 0.15) is 33.1 Å². The van der Waals surface area contributed by atoms with Crippen LogP contribution in [0, 0.1) is 0 Å². The summed E-state index contributed by atoms with van der Waals surface area (Å²) in [5.41, 5.74) is 0. The van der Waals surface area contributed by atoms with Crippen LogP contribution in [-0.2, 0) is 4.79 Å². The molecular weight excluding hydrogens is 288 g/mol. The Balaban J connectivity index is 1.75. The number of piperazine rings is 1. The molecule has 0 atom stereocenters. The predicted molar refractivity (Wildman–Crippen MR) is 94.7 cm³/mol. The van der Waals surface area contributed by atoms with Gasteiger partial charge in [0.05, 0.1) is 0 Å². The molecule has 2 heterocycles. The lowest BCUT2D eigenvalue weighted by Crippen LogP contribution is -2.49. The highest BCUT2D eigenvalue weighted by Gasteiger charge is 2.21. The molecular formula is C18H30N4O. The highest BCUT2D eigenvalue weighted by atomic mass is 16.2. The first-order valence-corrected chi connectivity index (χ1v) is 8.90. The summed E-state index contributed by atoms with van der Waals surface area (Å²) in [5.74, 6) is 1.31. The van der Waals surface area contributed by atoms with E-state index >= 15 is 0 Å². The van der Waals surface area contributed by atoms with Gasteiger partial charge in [0.15, 0.2) is 0 Å². The second-order valence-electron chi connectivity index (χ2n) is 6.15. The molecule has 5 nitrogen and oxygen atoms in total. The number of pyridine rings is 1. The van der Waals surface area contributed by atoms with E-state index in [-0.39, 0.29) is 0 Å². The van der Waals surface area contributed by atoms with E-state index in [1.807, 2.05) is 29.3 Å². The molecule has 1 amide bonds. The summed E-state index contributed by atoms with van der Waals surface area (Å²) < 4.78 is 0. The largest absolute Gasteiger partial charge is 0.353 e. The maximum atomic E-state index is 12.4. The fourth-order valence-corrected chi connectivity index (χ4v) is 3.11. The summed E-state index contributed by atoms with van der Waals surface area (Å²) in [6.45, 7) is 10.8. The van der Waals surface area contributed by atoms with Gasteiger partial charge in [-0.05, 0) is 38.1 Å². The summed E-state index contributed by atoms with van der Waals surface area (Å²) in [6, 6.07) is 5.97. The van der Waals surface area contributed by atoms with E-state index in [1.165, 1.54) is 0 Å². The highest BCUT2D eigenvalue weighted by Crippen LogP contribution is 2.13. The van der Waals surface area contributed by atoms with Crippen LogP contribution in [0.4, 0.5) is 5.82 Å². The van der Waals surface area contributed by atoms with Crippen molar-refractivity contribution in [2.24, 2.45) is 0 Å². The van der Waals surface area contributed by atoms with Gasteiger partial charge in [0.1, 0.15) is 5.82 Å². The van der Waals surface area contributed by atoms with Crippen LogP contribution >= 0.6 is 0 Å². The van der Waals surface area contributed by atoms with Gasteiger partial charge in [-0.15, -0.1) is 0 Å². The van der Waals surface area contributed by atoms with E-state index in [9.17, 15) is 4.79 Å². The van der Waals surface area contributed by atoms with Crippen molar-refractivity contribution in [2.75, 3.05) is 50.7 Å². The van der Waals surface area contributed by atoms with Gasteiger partial charge >= 0.3 is 0 Å². The number of anilines is 1. The molecule has 0 N–H and O–H groups in total. The molecule has 0 aromatic carbocycles. The topological polar surface area (TPSA) is 39.7 Å². The van der Waals surface area contributed by atoms with Crippen molar-refractivity contribution < 1.29 is 4.79 Å². The van der Waals surface area contributed by atoms with E-state index in [4.69, 9.17) is 0 Å². The average Bonchev–Trinajstić information content (AvgIpc) is 2.61. The first kappa shape index (κ1) is 17.7. The fraction of sp³-hybridized carbons (Fsp3) is 0.667. The molecule has 2 rings (SSSR count). The zero-order chi connectivity index (χ0) is 16.5. The Bertz CT molecular complexity index is 451. The van der Waals surface area contributed by atoms with Crippen molar-refractivity contribution in [1.29, 1.82) is 0 Å². The maximum Gasteiger partial charge on any atom is 0.223 e. The molecule has 23 heavy (non-hydrogen) atoms. The number of carbonyl (C=O) groups is 1. The lowest BCUT2D eigenvalue weighted by molar-refractivity contribution is -0.131. The number of amides is 1. The molecule has 0 aliphatic carbocycles. The molecule has 1 aliphatic rings. The van der Waals surface area contributed by atoms with E-state index in [0.29, 0.717) is 12.3 Å². The Labute approximate surface area is 140 Å². The minimum Gasteiger partial charge on any atom is -0.353 e. The average molecular weight is 318 g/mol. The molecule has 0 saturated carbocycles. The SMILES string of the molecule is CCCN(CCC)CCC(=O)N1CCN(c2ccccn2)CC1. The first-order chi connectivity index (χ1) is 11.2. The first-order valence-electron chi connectivity index (χ1n) is 8.90. The number of hydrogen-bond acceptors (Lipinski definition) is 4. The van der Waals surface area contributed by atoms with Gasteiger partial charge in [0.25, 0.3) is 0 Å². The quantitative estimate of drug-likeness (QED) is 0.737. The molecule has 1 aromatic heterocycles. The van der Waals surface area contributed by atoms with Crippen LogP contribution in [-0.4, -0.2) is 66.5 Å². The normalized spacial score (nSPS) is 15.3.